The van der Waals surface area contributed by atoms with Gasteiger partial charge in [-0.1, -0.05) is 17.7 Å². The SMILES string of the molecule is O=C(C[C@H](NC(=O)c1ccc(-n2ccccc2=O)cc1)C(=O)NCCN1CCOCC1)Nc1ccc(Cl)cc1. The maximum atomic E-state index is 13.1. The van der Waals surface area contributed by atoms with E-state index in [0.29, 0.717) is 42.7 Å². The van der Waals surface area contributed by atoms with Gasteiger partial charge in [0.05, 0.1) is 19.6 Å². The van der Waals surface area contributed by atoms with Gasteiger partial charge in [0.1, 0.15) is 6.04 Å². The molecule has 1 aliphatic heterocycles. The quantitative estimate of drug-likeness (QED) is 0.355. The highest BCUT2D eigenvalue weighted by molar-refractivity contribution is 6.30. The Hall–Kier alpha value is -3.99. The van der Waals surface area contributed by atoms with Gasteiger partial charge in [0.2, 0.25) is 11.8 Å². The van der Waals surface area contributed by atoms with Crippen LogP contribution in [0.4, 0.5) is 5.69 Å². The predicted octanol–water partition coefficient (Wildman–Crippen LogP) is 2.07. The monoisotopic (exact) mass is 551 g/mol. The zero-order valence-electron chi connectivity index (χ0n) is 21.3. The summed E-state index contributed by atoms with van der Waals surface area (Å²) >= 11 is 5.91. The average Bonchev–Trinajstić information content (AvgIpc) is 2.95. The summed E-state index contributed by atoms with van der Waals surface area (Å²) in [5, 5.41) is 8.76. The molecule has 3 amide bonds. The van der Waals surface area contributed by atoms with E-state index in [2.05, 4.69) is 20.9 Å². The molecule has 2 heterocycles. The molecule has 11 heteroatoms. The molecule has 0 bridgehead atoms. The highest BCUT2D eigenvalue weighted by Crippen LogP contribution is 2.14. The summed E-state index contributed by atoms with van der Waals surface area (Å²) < 4.78 is 6.80. The number of rotatable bonds is 10. The standard InChI is InChI=1S/C28H30ClN5O5/c29-21-6-8-22(9-7-21)31-25(35)19-24(28(38)30-12-14-33-15-17-39-18-16-33)32-27(37)20-4-10-23(11-5-20)34-13-2-1-3-26(34)36/h1-11,13,24H,12,14-19H2,(H,30,38)(H,31,35)(H,32,37)/t24-/m0/s1. The van der Waals surface area contributed by atoms with Crippen LogP contribution in [-0.2, 0) is 14.3 Å². The maximum Gasteiger partial charge on any atom is 0.255 e. The lowest BCUT2D eigenvalue weighted by molar-refractivity contribution is -0.126. The number of nitrogens with one attached hydrogen (secondary N) is 3. The molecule has 2 aromatic carbocycles. The summed E-state index contributed by atoms with van der Waals surface area (Å²) in [5.41, 5.74) is 1.20. The van der Waals surface area contributed by atoms with Gasteiger partial charge in [-0.2, -0.15) is 0 Å². The van der Waals surface area contributed by atoms with E-state index >= 15 is 0 Å². The Bertz CT molecular complexity index is 1340. The zero-order chi connectivity index (χ0) is 27.6. The Morgan fingerprint density at radius 2 is 1.67 bits per heavy atom. The van der Waals surface area contributed by atoms with E-state index in [1.807, 2.05) is 0 Å². The first kappa shape index (κ1) is 28.0. The summed E-state index contributed by atoms with van der Waals surface area (Å²) in [6.45, 7) is 3.86. The average molecular weight is 552 g/mol. The lowest BCUT2D eigenvalue weighted by atomic mass is 10.1. The molecule has 204 valence electrons. The third kappa shape index (κ3) is 8.25. The van der Waals surface area contributed by atoms with Crippen molar-refractivity contribution in [3.05, 3.63) is 93.9 Å². The van der Waals surface area contributed by atoms with Crippen molar-refractivity contribution < 1.29 is 19.1 Å². The van der Waals surface area contributed by atoms with Crippen molar-refractivity contribution in [1.29, 1.82) is 0 Å². The van der Waals surface area contributed by atoms with Crippen LogP contribution in [-0.4, -0.2) is 72.6 Å². The fourth-order valence-electron chi connectivity index (χ4n) is 4.08. The van der Waals surface area contributed by atoms with E-state index in [9.17, 15) is 19.2 Å². The van der Waals surface area contributed by atoms with E-state index in [-0.39, 0.29) is 17.5 Å². The lowest BCUT2D eigenvalue weighted by Crippen LogP contribution is -2.50. The molecule has 1 aromatic heterocycles. The molecular formula is C28H30ClN5O5. The summed E-state index contributed by atoms with van der Waals surface area (Å²) in [6, 6.07) is 16.7. The van der Waals surface area contributed by atoms with Gasteiger partial charge in [0.25, 0.3) is 11.5 Å². The fraction of sp³-hybridized carbons (Fsp3) is 0.286. The van der Waals surface area contributed by atoms with Crippen molar-refractivity contribution in [2.75, 3.05) is 44.7 Å². The summed E-state index contributed by atoms with van der Waals surface area (Å²) in [7, 11) is 0. The third-order valence-electron chi connectivity index (χ3n) is 6.20. The molecule has 1 aliphatic rings. The Balaban J connectivity index is 1.41. The second-order valence-corrected chi connectivity index (χ2v) is 9.42. The Kier molecular flexibility index (Phi) is 9.85. The van der Waals surface area contributed by atoms with Crippen LogP contribution in [0.15, 0.2) is 77.7 Å². The minimum Gasteiger partial charge on any atom is -0.379 e. The van der Waals surface area contributed by atoms with Crippen molar-refractivity contribution in [2.24, 2.45) is 0 Å². The molecule has 1 fully saturated rings. The maximum absolute atomic E-state index is 13.1. The van der Waals surface area contributed by atoms with Crippen LogP contribution in [0.2, 0.25) is 5.02 Å². The minimum atomic E-state index is -1.11. The Labute approximate surface area is 230 Å². The number of aromatic nitrogens is 1. The van der Waals surface area contributed by atoms with Gasteiger partial charge in [-0.25, -0.2) is 0 Å². The predicted molar refractivity (Wildman–Crippen MR) is 148 cm³/mol. The largest absolute Gasteiger partial charge is 0.379 e. The number of ether oxygens (including phenoxy) is 1. The molecule has 1 atom stereocenters. The first-order valence-electron chi connectivity index (χ1n) is 12.6. The lowest BCUT2D eigenvalue weighted by Gasteiger charge is -2.27. The minimum absolute atomic E-state index is 0.199. The van der Waals surface area contributed by atoms with Crippen LogP contribution >= 0.6 is 11.6 Å². The van der Waals surface area contributed by atoms with E-state index in [1.54, 1.807) is 66.9 Å². The van der Waals surface area contributed by atoms with Crippen molar-refractivity contribution in [3.63, 3.8) is 0 Å². The second kappa shape index (κ2) is 13.7. The number of carbonyl (C=O) groups is 3. The number of morpholine rings is 1. The van der Waals surface area contributed by atoms with Gasteiger partial charge in [-0.3, -0.25) is 28.6 Å². The number of carbonyl (C=O) groups excluding carboxylic acids is 3. The molecular weight excluding hydrogens is 522 g/mol. The van der Waals surface area contributed by atoms with Gasteiger partial charge >= 0.3 is 0 Å². The summed E-state index contributed by atoms with van der Waals surface area (Å²) in [6.07, 6.45) is 1.36. The molecule has 3 aromatic rings. The zero-order valence-corrected chi connectivity index (χ0v) is 22.0. The van der Waals surface area contributed by atoms with Crippen molar-refractivity contribution in [3.8, 4) is 5.69 Å². The highest BCUT2D eigenvalue weighted by Gasteiger charge is 2.25. The number of pyridine rings is 1. The number of halogens is 1. The fourth-order valence-corrected chi connectivity index (χ4v) is 4.21. The Morgan fingerprint density at radius 1 is 0.949 bits per heavy atom. The van der Waals surface area contributed by atoms with Gasteiger partial charge in [0, 0.05) is 60.4 Å². The first-order chi connectivity index (χ1) is 18.9. The molecule has 0 aliphatic carbocycles. The van der Waals surface area contributed by atoms with Crippen LogP contribution in [0.3, 0.4) is 0 Å². The molecule has 0 unspecified atom stereocenters. The number of hydrogen-bond donors (Lipinski definition) is 3. The molecule has 3 N–H and O–H groups in total. The number of anilines is 1. The topological polar surface area (TPSA) is 122 Å². The molecule has 39 heavy (non-hydrogen) atoms. The molecule has 10 nitrogen and oxygen atoms in total. The molecule has 0 saturated carbocycles. The van der Waals surface area contributed by atoms with Crippen molar-refractivity contribution >= 4 is 35.0 Å². The highest BCUT2D eigenvalue weighted by atomic mass is 35.5. The summed E-state index contributed by atoms with van der Waals surface area (Å²) in [4.78, 5) is 53.1. The first-order valence-corrected chi connectivity index (χ1v) is 13.0. The molecule has 0 spiro atoms. The van der Waals surface area contributed by atoms with Gasteiger partial charge in [0.15, 0.2) is 0 Å². The van der Waals surface area contributed by atoms with E-state index in [4.69, 9.17) is 16.3 Å². The number of amides is 3. The van der Waals surface area contributed by atoms with Crippen LogP contribution < -0.4 is 21.5 Å². The normalized spacial score (nSPS) is 14.3. The van der Waals surface area contributed by atoms with E-state index in [0.717, 1.165) is 13.1 Å². The van der Waals surface area contributed by atoms with Crippen LogP contribution in [0, 0.1) is 0 Å². The van der Waals surface area contributed by atoms with Crippen LogP contribution in [0.25, 0.3) is 5.69 Å². The number of nitrogens with zero attached hydrogens (tertiary/aromatic N) is 2. The van der Waals surface area contributed by atoms with Crippen molar-refractivity contribution in [2.45, 2.75) is 12.5 Å². The number of hydrogen-bond acceptors (Lipinski definition) is 6. The smallest absolute Gasteiger partial charge is 0.255 e. The van der Waals surface area contributed by atoms with Gasteiger partial charge < -0.3 is 20.7 Å². The molecule has 4 rings (SSSR count). The summed E-state index contributed by atoms with van der Waals surface area (Å²) in [5.74, 6) is -1.42. The van der Waals surface area contributed by atoms with E-state index < -0.39 is 23.8 Å². The van der Waals surface area contributed by atoms with Crippen LogP contribution in [0.5, 0.6) is 0 Å². The Morgan fingerprint density at radius 3 is 2.36 bits per heavy atom. The molecule has 1 saturated heterocycles. The van der Waals surface area contributed by atoms with Crippen molar-refractivity contribution in [1.82, 2.24) is 20.1 Å². The third-order valence-corrected chi connectivity index (χ3v) is 6.45. The van der Waals surface area contributed by atoms with Crippen LogP contribution in [0.1, 0.15) is 16.8 Å². The van der Waals surface area contributed by atoms with Gasteiger partial charge in [-0.15, -0.1) is 0 Å². The van der Waals surface area contributed by atoms with Gasteiger partial charge in [-0.05, 0) is 54.6 Å². The van der Waals surface area contributed by atoms with E-state index in [1.165, 1.54) is 10.6 Å². The molecule has 0 radical (unpaired) electrons. The number of benzene rings is 2. The second-order valence-electron chi connectivity index (χ2n) is 8.99.